The van der Waals surface area contributed by atoms with Gasteiger partial charge in [0.15, 0.2) is 5.84 Å². The van der Waals surface area contributed by atoms with Crippen molar-refractivity contribution >= 4 is 5.84 Å². The maximum atomic E-state index is 13.3. The highest BCUT2D eigenvalue weighted by Crippen LogP contribution is 2.24. The summed E-state index contributed by atoms with van der Waals surface area (Å²) in [6.45, 7) is 5.40. The number of halogens is 1. The van der Waals surface area contributed by atoms with Crippen LogP contribution in [0.2, 0.25) is 0 Å². The molecule has 0 aliphatic carbocycles. The Morgan fingerprint density at radius 1 is 1.57 bits per heavy atom. The van der Waals surface area contributed by atoms with Crippen LogP contribution in [0.1, 0.15) is 37.8 Å². The monoisotopic (exact) mass is 295 g/mol. The molecule has 0 amide bonds. The van der Waals surface area contributed by atoms with E-state index in [1.54, 1.807) is 6.07 Å². The van der Waals surface area contributed by atoms with Gasteiger partial charge in [-0.25, -0.2) is 4.39 Å². The Labute approximate surface area is 124 Å². The molecule has 21 heavy (non-hydrogen) atoms. The molecule has 6 heteroatoms. The number of nitrogens with one attached hydrogen (secondary N) is 1. The van der Waals surface area contributed by atoms with E-state index in [1.807, 2.05) is 0 Å². The fraction of sp³-hybridized carbons (Fsp3) is 0.533. The summed E-state index contributed by atoms with van der Waals surface area (Å²) in [6.07, 6.45) is 1.84. The minimum atomic E-state index is -0.410. The number of hydrogen-bond donors (Lipinski definition) is 3. The Kier molecular flexibility index (Phi) is 4.80. The molecule has 1 aromatic carbocycles. The number of nitrogens with zero attached hydrogens (tertiary/aromatic N) is 1. The zero-order chi connectivity index (χ0) is 15.5. The normalized spacial score (nSPS) is 22.2. The van der Waals surface area contributed by atoms with Crippen LogP contribution < -0.4 is 11.1 Å². The molecule has 4 N–H and O–H groups in total. The largest absolute Gasteiger partial charge is 0.409 e. The maximum Gasteiger partial charge on any atom is 0.170 e. The first-order valence-electron chi connectivity index (χ1n) is 7.05. The van der Waals surface area contributed by atoms with Crippen LogP contribution in [0.25, 0.3) is 0 Å². The van der Waals surface area contributed by atoms with Gasteiger partial charge in [0.1, 0.15) is 5.82 Å². The molecule has 0 radical (unpaired) electrons. The fourth-order valence-corrected chi connectivity index (χ4v) is 2.66. The van der Waals surface area contributed by atoms with E-state index in [4.69, 9.17) is 15.7 Å². The van der Waals surface area contributed by atoms with Gasteiger partial charge in [0.25, 0.3) is 0 Å². The number of benzene rings is 1. The lowest BCUT2D eigenvalue weighted by Gasteiger charge is -2.36. The van der Waals surface area contributed by atoms with Crippen molar-refractivity contribution in [2.45, 2.75) is 44.9 Å². The molecule has 1 saturated heterocycles. The highest BCUT2D eigenvalue weighted by molar-refractivity contribution is 5.98. The molecule has 116 valence electrons. The molecule has 1 heterocycles. The summed E-state index contributed by atoms with van der Waals surface area (Å²) in [4.78, 5) is 0. The molecule has 5 nitrogen and oxygen atoms in total. The van der Waals surface area contributed by atoms with Gasteiger partial charge in [0.2, 0.25) is 0 Å². The molecular formula is C15H22FN3O2. The Balaban J connectivity index is 2.06. The third-order valence-electron chi connectivity index (χ3n) is 3.73. The van der Waals surface area contributed by atoms with Crippen molar-refractivity contribution < 1.29 is 14.3 Å². The lowest BCUT2D eigenvalue weighted by molar-refractivity contribution is -0.0630. The van der Waals surface area contributed by atoms with E-state index >= 15 is 0 Å². The van der Waals surface area contributed by atoms with Gasteiger partial charge in [-0.2, -0.15) is 0 Å². The van der Waals surface area contributed by atoms with Crippen molar-refractivity contribution in [2.75, 3.05) is 6.61 Å². The van der Waals surface area contributed by atoms with Crippen LogP contribution >= 0.6 is 0 Å². The number of nitrogens with two attached hydrogens (primary N) is 1. The molecule has 1 aliphatic heterocycles. The summed E-state index contributed by atoms with van der Waals surface area (Å²) < 4.78 is 19.0. The van der Waals surface area contributed by atoms with Gasteiger partial charge in [-0.3, -0.25) is 0 Å². The molecule has 1 atom stereocenters. The standard InChI is InChI=1S/C15H22FN3O2/c1-15(2)8-12(5-6-21-15)18-9-10-3-4-11(16)7-13(10)14(17)19-20/h3-4,7,12,18,20H,5-6,8-9H2,1-2H3,(H2,17,19). The second-order valence-electron chi connectivity index (χ2n) is 5.97. The SMILES string of the molecule is CC1(C)CC(NCc2ccc(F)cc2/C(N)=N/O)CCO1. The van der Waals surface area contributed by atoms with Crippen molar-refractivity contribution in [3.63, 3.8) is 0 Å². The maximum absolute atomic E-state index is 13.3. The third-order valence-corrected chi connectivity index (χ3v) is 3.73. The smallest absolute Gasteiger partial charge is 0.170 e. The van der Waals surface area contributed by atoms with E-state index in [9.17, 15) is 4.39 Å². The molecule has 1 unspecified atom stereocenters. The quantitative estimate of drug-likeness (QED) is 0.343. The topological polar surface area (TPSA) is 79.9 Å². The number of amidine groups is 1. The van der Waals surface area contributed by atoms with Crippen molar-refractivity contribution in [1.29, 1.82) is 0 Å². The highest BCUT2D eigenvalue weighted by atomic mass is 19.1. The minimum Gasteiger partial charge on any atom is -0.409 e. The molecule has 0 aromatic heterocycles. The van der Waals surface area contributed by atoms with Crippen molar-refractivity contribution in [2.24, 2.45) is 10.9 Å². The predicted molar refractivity (Wildman–Crippen MR) is 78.8 cm³/mol. The van der Waals surface area contributed by atoms with Gasteiger partial charge >= 0.3 is 0 Å². The van der Waals surface area contributed by atoms with Crippen LogP contribution in [-0.4, -0.2) is 29.3 Å². The lowest BCUT2D eigenvalue weighted by atomic mass is 9.93. The first kappa shape index (κ1) is 15.7. The van der Waals surface area contributed by atoms with Gasteiger partial charge < -0.3 is 21.0 Å². The first-order valence-corrected chi connectivity index (χ1v) is 7.05. The number of hydrogen-bond acceptors (Lipinski definition) is 4. The van der Waals surface area contributed by atoms with Crippen LogP contribution in [0, 0.1) is 5.82 Å². The fourth-order valence-electron chi connectivity index (χ4n) is 2.66. The van der Waals surface area contributed by atoms with Gasteiger partial charge in [-0.1, -0.05) is 11.2 Å². The zero-order valence-corrected chi connectivity index (χ0v) is 12.4. The van der Waals surface area contributed by atoms with Gasteiger partial charge in [-0.15, -0.1) is 0 Å². The molecule has 0 saturated carbocycles. The Hall–Kier alpha value is -1.66. The van der Waals surface area contributed by atoms with Gasteiger partial charge in [0.05, 0.1) is 5.60 Å². The number of ether oxygens (including phenoxy) is 1. The Morgan fingerprint density at radius 3 is 3.00 bits per heavy atom. The van der Waals surface area contributed by atoms with E-state index in [1.165, 1.54) is 12.1 Å². The predicted octanol–water partition coefficient (Wildman–Crippen LogP) is 1.97. The van der Waals surface area contributed by atoms with E-state index in [-0.39, 0.29) is 11.4 Å². The summed E-state index contributed by atoms with van der Waals surface area (Å²) in [7, 11) is 0. The summed E-state index contributed by atoms with van der Waals surface area (Å²) in [6, 6.07) is 4.64. The van der Waals surface area contributed by atoms with Gasteiger partial charge in [-0.05, 0) is 44.4 Å². The average molecular weight is 295 g/mol. The van der Waals surface area contributed by atoms with Crippen LogP contribution in [-0.2, 0) is 11.3 Å². The van der Waals surface area contributed by atoms with Gasteiger partial charge in [0, 0.05) is 24.8 Å². The van der Waals surface area contributed by atoms with Crippen LogP contribution in [0.3, 0.4) is 0 Å². The van der Waals surface area contributed by atoms with Crippen LogP contribution in [0.5, 0.6) is 0 Å². The Bertz CT molecular complexity index is 532. The van der Waals surface area contributed by atoms with Crippen molar-refractivity contribution in [1.82, 2.24) is 5.32 Å². The summed E-state index contributed by atoms with van der Waals surface area (Å²) in [5.41, 5.74) is 6.68. The molecule has 1 aromatic rings. The van der Waals surface area contributed by atoms with E-state index in [0.29, 0.717) is 18.2 Å². The summed E-state index contributed by atoms with van der Waals surface area (Å²) in [5, 5.41) is 15.2. The van der Waals surface area contributed by atoms with Crippen LogP contribution in [0.4, 0.5) is 4.39 Å². The molecule has 2 rings (SSSR count). The van der Waals surface area contributed by atoms with Crippen molar-refractivity contribution in [3.8, 4) is 0 Å². The molecule has 0 spiro atoms. The number of rotatable bonds is 4. The highest BCUT2D eigenvalue weighted by Gasteiger charge is 2.28. The van der Waals surface area contributed by atoms with E-state index < -0.39 is 5.82 Å². The zero-order valence-electron chi connectivity index (χ0n) is 12.4. The molecule has 0 bridgehead atoms. The average Bonchev–Trinajstić information content (AvgIpc) is 2.44. The Morgan fingerprint density at radius 2 is 2.33 bits per heavy atom. The minimum absolute atomic E-state index is 0.0846. The lowest BCUT2D eigenvalue weighted by Crippen LogP contribution is -2.43. The third kappa shape index (κ3) is 4.15. The summed E-state index contributed by atoms with van der Waals surface area (Å²) in [5.74, 6) is -0.494. The summed E-state index contributed by atoms with van der Waals surface area (Å²) >= 11 is 0. The van der Waals surface area contributed by atoms with E-state index in [0.717, 1.165) is 25.0 Å². The van der Waals surface area contributed by atoms with Crippen LogP contribution in [0.15, 0.2) is 23.4 Å². The molecule has 1 aliphatic rings. The number of oxime groups is 1. The first-order chi connectivity index (χ1) is 9.91. The van der Waals surface area contributed by atoms with Crippen molar-refractivity contribution in [3.05, 3.63) is 35.1 Å². The molecular weight excluding hydrogens is 273 g/mol. The second-order valence-corrected chi connectivity index (χ2v) is 5.97. The second kappa shape index (κ2) is 6.41. The van der Waals surface area contributed by atoms with E-state index in [2.05, 4.69) is 24.3 Å². The molecule has 1 fully saturated rings.